The predicted molar refractivity (Wildman–Crippen MR) is 106 cm³/mol. The van der Waals surface area contributed by atoms with Crippen molar-refractivity contribution >= 4 is 22.5 Å². The second-order valence-corrected chi connectivity index (χ2v) is 6.59. The van der Waals surface area contributed by atoms with Crippen LogP contribution in [0.3, 0.4) is 0 Å². The van der Waals surface area contributed by atoms with E-state index in [-0.39, 0.29) is 11.7 Å². The number of hydrogen-bond acceptors (Lipinski definition) is 5. The number of furan rings is 1. The molecule has 0 bridgehead atoms. The van der Waals surface area contributed by atoms with Crippen LogP contribution in [0.2, 0.25) is 0 Å². The van der Waals surface area contributed by atoms with Gasteiger partial charge in [0.1, 0.15) is 11.5 Å². The van der Waals surface area contributed by atoms with Gasteiger partial charge in [-0.1, -0.05) is 0 Å². The van der Waals surface area contributed by atoms with Crippen LogP contribution in [0.1, 0.15) is 27.7 Å². The summed E-state index contributed by atoms with van der Waals surface area (Å²) in [5.41, 5.74) is 3.38. The maximum absolute atomic E-state index is 12.5. The molecule has 142 valence electrons. The van der Waals surface area contributed by atoms with Crippen LogP contribution in [-0.2, 0) is 6.54 Å². The fraction of sp³-hybridized carbons (Fsp3) is 0.190. The van der Waals surface area contributed by atoms with E-state index in [1.54, 1.807) is 25.4 Å². The van der Waals surface area contributed by atoms with Crippen molar-refractivity contribution in [3.05, 3.63) is 71.6 Å². The lowest BCUT2D eigenvalue weighted by Crippen LogP contribution is -2.11. The van der Waals surface area contributed by atoms with E-state index in [0.717, 1.165) is 28.0 Å². The smallest absolute Gasteiger partial charge is 0.291 e. The molecule has 1 N–H and O–H groups in total. The van der Waals surface area contributed by atoms with E-state index in [2.05, 4.69) is 15.4 Å². The molecule has 3 aromatic heterocycles. The lowest BCUT2D eigenvalue weighted by Gasteiger charge is -2.06. The topological polar surface area (TPSA) is 82.2 Å². The maximum Gasteiger partial charge on any atom is 0.291 e. The van der Waals surface area contributed by atoms with Crippen LogP contribution in [0.25, 0.3) is 10.9 Å². The van der Waals surface area contributed by atoms with Crippen LogP contribution in [0.4, 0.5) is 5.69 Å². The molecule has 0 saturated heterocycles. The first-order valence-corrected chi connectivity index (χ1v) is 8.87. The van der Waals surface area contributed by atoms with E-state index in [0.29, 0.717) is 18.0 Å². The second kappa shape index (κ2) is 7.19. The lowest BCUT2D eigenvalue weighted by atomic mass is 10.2. The summed E-state index contributed by atoms with van der Waals surface area (Å²) in [5, 5.41) is 8.14. The minimum atomic E-state index is -0.325. The third-order valence-electron chi connectivity index (χ3n) is 4.44. The average molecular weight is 376 g/mol. The Hall–Kier alpha value is -3.61. The third-order valence-corrected chi connectivity index (χ3v) is 4.44. The molecule has 1 amide bonds. The highest BCUT2D eigenvalue weighted by molar-refractivity contribution is 6.03. The SMILES string of the molecule is COc1ccc2cc(NC(=O)c3ccc(Cn4nc(C)cc4C)o3)cnc2c1. The normalized spacial score (nSPS) is 11.0. The fourth-order valence-corrected chi connectivity index (χ4v) is 3.06. The van der Waals surface area contributed by atoms with Crippen LogP contribution in [0.15, 0.2) is 53.1 Å². The Labute approximate surface area is 161 Å². The molecule has 7 nitrogen and oxygen atoms in total. The molecular weight excluding hydrogens is 356 g/mol. The van der Waals surface area contributed by atoms with Crippen LogP contribution in [0, 0.1) is 13.8 Å². The van der Waals surface area contributed by atoms with E-state index in [1.807, 2.05) is 48.9 Å². The molecule has 0 spiro atoms. The number of carbonyl (C=O) groups is 1. The zero-order valence-corrected chi connectivity index (χ0v) is 15.9. The fourth-order valence-electron chi connectivity index (χ4n) is 3.06. The molecular formula is C21H20N4O3. The van der Waals surface area contributed by atoms with Gasteiger partial charge >= 0.3 is 0 Å². The molecule has 0 saturated carbocycles. The zero-order chi connectivity index (χ0) is 19.7. The van der Waals surface area contributed by atoms with Crippen molar-refractivity contribution in [3.8, 4) is 5.75 Å². The lowest BCUT2D eigenvalue weighted by molar-refractivity contribution is 0.0994. The number of amides is 1. The molecule has 28 heavy (non-hydrogen) atoms. The summed E-state index contributed by atoms with van der Waals surface area (Å²) in [7, 11) is 1.61. The van der Waals surface area contributed by atoms with Crippen molar-refractivity contribution in [2.24, 2.45) is 0 Å². The Balaban J connectivity index is 1.48. The number of ether oxygens (including phenoxy) is 1. The number of benzene rings is 1. The number of aromatic nitrogens is 3. The van der Waals surface area contributed by atoms with E-state index >= 15 is 0 Å². The summed E-state index contributed by atoms with van der Waals surface area (Å²) < 4.78 is 12.7. The first-order valence-electron chi connectivity index (χ1n) is 8.87. The van der Waals surface area contributed by atoms with Gasteiger partial charge in [0.05, 0.1) is 36.7 Å². The van der Waals surface area contributed by atoms with Crippen LogP contribution >= 0.6 is 0 Å². The van der Waals surface area contributed by atoms with Gasteiger partial charge in [-0.3, -0.25) is 14.5 Å². The van der Waals surface area contributed by atoms with Crippen molar-refractivity contribution in [2.75, 3.05) is 12.4 Å². The van der Waals surface area contributed by atoms with Gasteiger partial charge in [0, 0.05) is 17.1 Å². The summed E-state index contributed by atoms with van der Waals surface area (Å²) in [6, 6.07) is 12.9. The molecule has 0 aliphatic carbocycles. The number of carbonyl (C=O) groups excluding carboxylic acids is 1. The monoisotopic (exact) mass is 376 g/mol. The quantitative estimate of drug-likeness (QED) is 0.570. The van der Waals surface area contributed by atoms with Gasteiger partial charge in [-0.2, -0.15) is 5.10 Å². The number of aryl methyl sites for hydroxylation is 2. The predicted octanol–water partition coefficient (Wildman–Crippen LogP) is 3.95. The van der Waals surface area contributed by atoms with Crippen molar-refractivity contribution in [3.63, 3.8) is 0 Å². The van der Waals surface area contributed by atoms with E-state index in [9.17, 15) is 4.79 Å². The van der Waals surface area contributed by atoms with E-state index in [4.69, 9.17) is 9.15 Å². The van der Waals surface area contributed by atoms with Crippen LogP contribution < -0.4 is 10.1 Å². The van der Waals surface area contributed by atoms with Gasteiger partial charge < -0.3 is 14.5 Å². The van der Waals surface area contributed by atoms with Crippen LogP contribution in [-0.4, -0.2) is 27.8 Å². The van der Waals surface area contributed by atoms with Crippen molar-refractivity contribution in [2.45, 2.75) is 20.4 Å². The highest BCUT2D eigenvalue weighted by atomic mass is 16.5. The average Bonchev–Trinajstić information content (AvgIpc) is 3.27. The van der Waals surface area contributed by atoms with Crippen LogP contribution in [0.5, 0.6) is 5.75 Å². The van der Waals surface area contributed by atoms with Gasteiger partial charge in [-0.15, -0.1) is 0 Å². The molecule has 0 unspecified atom stereocenters. The number of anilines is 1. The molecule has 4 aromatic rings. The van der Waals surface area contributed by atoms with Gasteiger partial charge in [0.2, 0.25) is 0 Å². The van der Waals surface area contributed by atoms with Crippen molar-refractivity contribution < 1.29 is 13.9 Å². The molecule has 4 rings (SSSR count). The summed E-state index contributed by atoms with van der Waals surface area (Å²) in [6.45, 7) is 4.41. The first kappa shape index (κ1) is 17.8. The number of nitrogens with zero attached hydrogens (tertiary/aromatic N) is 3. The number of rotatable bonds is 5. The molecule has 7 heteroatoms. The molecule has 0 aliphatic heterocycles. The molecule has 3 heterocycles. The van der Waals surface area contributed by atoms with Gasteiger partial charge in [-0.25, -0.2) is 0 Å². The maximum atomic E-state index is 12.5. The minimum absolute atomic E-state index is 0.242. The molecule has 0 aliphatic rings. The highest BCUT2D eigenvalue weighted by Crippen LogP contribution is 2.22. The first-order chi connectivity index (χ1) is 13.5. The summed E-state index contributed by atoms with van der Waals surface area (Å²) in [4.78, 5) is 16.9. The number of hydrogen-bond donors (Lipinski definition) is 1. The summed E-state index contributed by atoms with van der Waals surface area (Å²) in [5.74, 6) is 1.32. The Morgan fingerprint density at radius 1 is 1.18 bits per heavy atom. The number of fused-ring (bicyclic) bond motifs is 1. The van der Waals surface area contributed by atoms with Gasteiger partial charge in [-0.05, 0) is 50.2 Å². The largest absolute Gasteiger partial charge is 0.497 e. The Kier molecular flexibility index (Phi) is 4.57. The van der Waals surface area contributed by atoms with E-state index in [1.165, 1.54) is 0 Å². The second-order valence-electron chi connectivity index (χ2n) is 6.59. The zero-order valence-electron chi connectivity index (χ0n) is 15.9. The number of nitrogens with one attached hydrogen (secondary N) is 1. The van der Waals surface area contributed by atoms with Crippen molar-refractivity contribution in [1.82, 2.24) is 14.8 Å². The summed E-state index contributed by atoms with van der Waals surface area (Å²) >= 11 is 0. The van der Waals surface area contributed by atoms with Crippen molar-refractivity contribution in [1.29, 1.82) is 0 Å². The van der Waals surface area contributed by atoms with E-state index < -0.39 is 0 Å². The molecule has 0 fully saturated rings. The third kappa shape index (κ3) is 3.59. The minimum Gasteiger partial charge on any atom is -0.497 e. The number of pyridine rings is 1. The van der Waals surface area contributed by atoms with Gasteiger partial charge in [0.25, 0.3) is 5.91 Å². The van der Waals surface area contributed by atoms with Gasteiger partial charge in [0.15, 0.2) is 5.76 Å². The molecule has 1 aromatic carbocycles. The Morgan fingerprint density at radius 2 is 2.04 bits per heavy atom. The standard InChI is InChI=1S/C21H20N4O3/c1-13-8-14(2)25(24-13)12-18-6-7-20(28-18)21(26)23-16-9-15-4-5-17(27-3)10-19(15)22-11-16/h4-11H,12H2,1-3H3,(H,23,26). The summed E-state index contributed by atoms with van der Waals surface area (Å²) in [6.07, 6.45) is 1.61. The number of methoxy groups -OCH3 is 1. The molecule has 0 atom stereocenters. The molecule has 0 radical (unpaired) electrons. The Morgan fingerprint density at radius 3 is 2.79 bits per heavy atom. The highest BCUT2D eigenvalue weighted by Gasteiger charge is 2.13. The Bertz CT molecular complexity index is 1160.